The van der Waals surface area contributed by atoms with E-state index in [9.17, 15) is 9.50 Å². The standard InChI is InChI=1S/C20H25FN2O2/c1-15(22-13-17-4-2-3-5-18(17)14-24)16-6-7-20(19(21)12-16)23-8-10-25-11-9-23/h2-7,12,15,22,24H,8-11,13-14H2,1H3. The molecule has 1 atom stereocenters. The minimum Gasteiger partial charge on any atom is -0.392 e. The molecule has 134 valence electrons. The van der Waals surface area contributed by atoms with Gasteiger partial charge in [0.25, 0.3) is 0 Å². The van der Waals surface area contributed by atoms with E-state index in [-0.39, 0.29) is 18.5 Å². The molecule has 0 spiro atoms. The van der Waals surface area contributed by atoms with Gasteiger partial charge in [0.05, 0.1) is 25.5 Å². The quantitative estimate of drug-likeness (QED) is 0.846. The Morgan fingerprint density at radius 3 is 2.56 bits per heavy atom. The van der Waals surface area contributed by atoms with Crippen molar-refractivity contribution in [1.82, 2.24) is 5.32 Å². The van der Waals surface area contributed by atoms with Crippen LogP contribution in [-0.2, 0) is 17.9 Å². The lowest BCUT2D eigenvalue weighted by molar-refractivity contribution is 0.122. The summed E-state index contributed by atoms with van der Waals surface area (Å²) < 4.78 is 19.9. The molecule has 0 radical (unpaired) electrons. The second kappa shape index (κ2) is 8.43. The Labute approximate surface area is 148 Å². The van der Waals surface area contributed by atoms with Crippen molar-refractivity contribution < 1.29 is 14.2 Å². The zero-order valence-electron chi connectivity index (χ0n) is 14.5. The number of rotatable bonds is 6. The van der Waals surface area contributed by atoms with Gasteiger partial charge in [-0.3, -0.25) is 0 Å². The van der Waals surface area contributed by atoms with E-state index >= 15 is 0 Å². The van der Waals surface area contributed by atoms with Gasteiger partial charge in [0, 0.05) is 25.7 Å². The first-order valence-electron chi connectivity index (χ1n) is 8.72. The highest BCUT2D eigenvalue weighted by Crippen LogP contribution is 2.24. The molecule has 0 amide bonds. The predicted molar refractivity (Wildman–Crippen MR) is 97.1 cm³/mol. The van der Waals surface area contributed by atoms with Gasteiger partial charge in [-0.05, 0) is 35.7 Å². The van der Waals surface area contributed by atoms with Gasteiger partial charge in [-0.1, -0.05) is 30.3 Å². The molecule has 0 aliphatic carbocycles. The van der Waals surface area contributed by atoms with Gasteiger partial charge in [-0.25, -0.2) is 4.39 Å². The fraction of sp³-hybridized carbons (Fsp3) is 0.400. The normalized spacial score (nSPS) is 16.0. The monoisotopic (exact) mass is 344 g/mol. The lowest BCUT2D eigenvalue weighted by Crippen LogP contribution is -2.36. The van der Waals surface area contributed by atoms with E-state index < -0.39 is 0 Å². The summed E-state index contributed by atoms with van der Waals surface area (Å²) in [5, 5.41) is 12.8. The highest BCUT2D eigenvalue weighted by atomic mass is 19.1. The number of hydrogen-bond acceptors (Lipinski definition) is 4. The van der Waals surface area contributed by atoms with Gasteiger partial charge in [0.2, 0.25) is 0 Å². The summed E-state index contributed by atoms with van der Waals surface area (Å²) in [6.07, 6.45) is 0. The third kappa shape index (κ3) is 4.37. The zero-order chi connectivity index (χ0) is 17.6. The summed E-state index contributed by atoms with van der Waals surface area (Å²) in [5.41, 5.74) is 3.53. The predicted octanol–water partition coefficient (Wildman–Crippen LogP) is 3.01. The first kappa shape index (κ1) is 17.9. The third-order valence-corrected chi connectivity index (χ3v) is 4.71. The van der Waals surface area contributed by atoms with Crippen LogP contribution in [0.25, 0.3) is 0 Å². The maximum Gasteiger partial charge on any atom is 0.146 e. The molecule has 0 bridgehead atoms. The van der Waals surface area contributed by atoms with E-state index in [0.717, 1.165) is 29.8 Å². The van der Waals surface area contributed by atoms with Gasteiger partial charge in [0.15, 0.2) is 0 Å². The van der Waals surface area contributed by atoms with Crippen molar-refractivity contribution in [2.75, 3.05) is 31.2 Å². The van der Waals surface area contributed by atoms with Gasteiger partial charge in [-0.15, -0.1) is 0 Å². The molecular formula is C20H25FN2O2. The van der Waals surface area contributed by atoms with E-state index in [1.165, 1.54) is 0 Å². The molecule has 3 rings (SSSR count). The van der Waals surface area contributed by atoms with Crippen molar-refractivity contribution in [3.05, 3.63) is 65.0 Å². The van der Waals surface area contributed by atoms with Crippen molar-refractivity contribution in [3.63, 3.8) is 0 Å². The minimum atomic E-state index is -0.191. The molecule has 4 nitrogen and oxygen atoms in total. The average Bonchev–Trinajstić information content (AvgIpc) is 2.67. The van der Waals surface area contributed by atoms with Crippen LogP contribution in [0.5, 0.6) is 0 Å². The van der Waals surface area contributed by atoms with Crippen LogP contribution >= 0.6 is 0 Å². The fourth-order valence-corrected chi connectivity index (χ4v) is 3.12. The SMILES string of the molecule is CC(NCc1ccccc1CO)c1ccc(N2CCOCC2)c(F)c1. The second-order valence-corrected chi connectivity index (χ2v) is 6.34. The maximum atomic E-state index is 14.5. The Morgan fingerprint density at radius 2 is 1.88 bits per heavy atom. The Balaban J connectivity index is 1.65. The lowest BCUT2D eigenvalue weighted by Gasteiger charge is -2.29. The third-order valence-electron chi connectivity index (χ3n) is 4.71. The van der Waals surface area contributed by atoms with E-state index in [1.807, 2.05) is 48.2 Å². The molecule has 25 heavy (non-hydrogen) atoms. The van der Waals surface area contributed by atoms with Crippen LogP contribution in [-0.4, -0.2) is 31.4 Å². The molecule has 2 aromatic rings. The Bertz CT molecular complexity index is 702. The number of aliphatic hydroxyl groups excluding tert-OH is 1. The summed E-state index contributed by atoms with van der Waals surface area (Å²) in [5.74, 6) is -0.191. The summed E-state index contributed by atoms with van der Waals surface area (Å²) in [6.45, 7) is 5.40. The highest BCUT2D eigenvalue weighted by molar-refractivity contribution is 5.50. The van der Waals surface area contributed by atoms with E-state index in [2.05, 4.69) is 5.32 Å². The molecule has 1 unspecified atom stereocenters. The van der Waals surface area contributed by atoms with Gasteiger partial charge in [0.1, 0.15) is 5.82 Å². The van der Waals surface area contributed by atoms with Crippen LogP contribution in [0.2, 0.25) is 0 Å². The van der Waals surface area contributed by atoms with E-state index in [0.29, 0.717) is 25.4 Å². The number of hydrogen-bond donors (Lipinski definition) is 2. The second-order valence-electron chi connectivity index (χ2n) is 6.34. The maximum absolute atomic E-state index is 14.5. The largest absolute Gasteiger partial charge is 0.392 e. The van der Waals surface area contributed by atoms with Crippen LogP contribution in [0.15, 0.2) is 42.5 Å². The van der Waals surface area contributed by atoms with Gasteiger partial charge < -0.3 is 20.1 Å². The number of anilines is 1. The van der Waals surface area contributed by atoms with Crippen LogP contribution in [0.3, 0.4) is 0 Å². The molecule has 1 aliphatic rings. The molecule has 2 N–H and O–H groups in total. The topological polar surface area (TPSA) is 44.7 Å². The van der Waals surface area contributed by atoms with Crippen molar-refractivity contribution in [3.8, 4) is 0 Å². The number of benzene rings is 2. The lowest BCUT2D eigenvalue weighted by atomic mass is 10.0. The first-order chi connectivity index (χ1) is 12.2. The average molecular weight is 344 g/mol. The van der Waals surface area contributed by atoms with Crippen LogP contribution in [0.4, 0.5) is 10.1 Å². The molecule has 1 saturated heterocycles. The Kier molecular flexibility index (Phi) is 6.02. The smallest absolute Gasteiger partial charge is 0.146 e. The van der Waals surface area contributed by atoms with Crippen molar-refractivity contribution >= 4 is 5.69 Å². The molecule has 0 aromatic heterocycles. The number of halogens is 1. The number of ether oxygens (including phenoxy) is 1. The van der Waals surface area contributed by atoms with Crippen molar-refractivity contribution in [1.29, 1.82) is 0 Å². The summed E-state index contributed by atoms with van der Waals surface area (Å²) in [6, 6.07) is 13.2. The van der Waals surface area contributed by atoms with E-state index in [1.54, 1.807) is 6.07 Å². The van der Waals surface area contributed by atoms with Gasteiger partial charge in [-0.2, -0.15) is 0 Å². The first-order valence-corrected chi connectivity index (χ1v) is 8.72. The van der Waals surface area contributed by atoms with Crippen LogP contribution in [0, 0.1) is 5.82 Å². The fourth-order valence-electron chi connectivity index (χ4n) is 3.12. The summed E-state index contributed by atoms with van der Waals surface area (Å²) >= 11 is 0. The molecule has 5 heteroatoms. The molecule has 1 fully saturated rings. The zero-order valence-corrected chi connectivity index (χ0v) is 14.5. The summed E-state index contributed by atoms with van der Waals surface area (Å²) in [4.78, 5) is 2.03. The highest BCUT2D eigenvalue weighted by Gasteiger charge is 2.16. The molecule has 2 aromatic carbocycles. The Morgan fingerprint density at radius 1 is 1.16 bits per heavy atom. The van der Waals surface area contributed by atoms with Crippen molar-refractivity contribution in [2.45, 2.75) is 26.1 Å². The number of aliphatic hydroxyl groups is 1. The minimum absolute atomic E-state index is 0.0139. The number of morpholine rings is 1. The van der Waals surface area contributed by atoms with E-state index in [4.69, 9.17) is 4.74 Å². The molecular weight excluding hydrogens is 319 g/mol. The molecule has 0 saturated carbocycles. The van der Waals surface area contributed by atoms with Crippen LogP contribution in [0.1, 0.15) is 29.7 Å². The molecule has 1 heterocycles. The van der Waals surface area contributed by atoms with Crippen molar-refractivity contribution in [2.24, 2.45) is 0 Å². The molecule has 1 aliphatic heterocycles. The van der Waals surface area contributed by atoms with Gasteiger partial charge >= 0.3 is 0 Å². The van der Waals surface area contributed by atoms with Crippen LogP contribution < -0.4 is 10.2 Å². The summed E-state index contributed by atoms with van der Waals surface area (Å²) in [7, 11) is 0. The number of nitrogens with one attached hydrogen (secondary N) is 1. The number of nitrogens with zero attached hydrogens (tertiary/aromatic N) is 1. The Hall–Kier alpha value is -1.95.